The van der Waals surface area contributed by atoms with Gasteiger partial charge in [-0.1, -0.05) is 0 Å². The van der Waals surface area contributed by atoms with E-state index in [1.807, 2.05) is 0 Å². The van der Waals surface area contributed by atoms with Crippen molar-refractivity contribution in [1.29, 1.82) is 0 Å². The number of aromatic nitrogens is 2. The van der Waals surface area contributed by atoms with Gasteiger partial charge in [-0.25, -0.2) is 0 Å². The monoisotopic (exact) mass is 256 g/mol. The number of nitrogens with zero attached hydrogens (tertiary/aromatic N) is 4. The second-order valence-corrected chi connectivity index (χ2v) is 4.00. The molecular weight excluding hydrogens is 240 g/mol. The van der Waals surface area contributed by atoms with Crippen LogP contribution in [0.15, 0.2) is 6.20 Å². The van der Waals surface area contributed by atoms with Crippen LogP contribution in [0.4, 0.5) is 5.69 Å². The van der Waals surface area contributed by atoms with Gasteiger partial charge in [0.05, 0.1) is 31.8 Å². The molecule has 0 amide bonds. The molecule has 1 aliphatic rings. The Labute approximate surface area is 104 Å². The van der Waals surface area contributed by atoms with E-state index in [1.165, 1.54) is 13.3 Å². The smallest absolute Gasteiger partial charge is 0.350 e. The molecule has 0 aliphatic carbocycles. The molecule has 1 fully saturated rings. The number of ether oxygens (including phenoxy) is 2. The van der Waals surface area contributed by atoms with Crippen LogP contribution in [0.5, 0.6) is 5.88 Å². The Balaban J connectivity index is 1.94. The lowest BCUT2D eigenvalue weighted by Gasteiger charge is -2.26. The topological polar surface area (TPSA) is 82.7 Å². The highest BCUT2D eigenvalue weighted by molar-refractivity contribution is 5.38. The second-order valence-electron chi connectivity index (χ2n) is 4.00. The van der Waals surface area contributed by atoms with Gasteiger partial charge < -0.3 is 9.47 Å². The van der Waals surface area contributed by atoms with Crippen molar-refractivity contribution < 1.29 is 14.4 Å². The van der Waals surface area contributed by atoms with Crippen LogP contribution < -0.4 is 4.74 Å². The fourth-order valence-corrected chi connectivity index (χ4v) is 1.85. The molecule has 0 saturated carbocycles. The molecule has 2 heterocycles. The van der Waals surface area contributed by atoms with Crippen molar-refractivity contribution in [3.8, 4) is 5.88 Å². The zero-order valence-corrected chi connectivity index (χ0v) is 10.2. The molecule has 1 aliphatic heterocycles. The minimum absolute atomic E-state index is 0.0574. The number of nitro groups is 1. The van der Waals surface area contributed by atoms with Gasteiger partial charge in [0.15, 0.2) is 0 Å². The van der Waals surface area contributed by atoms with Crippen molar-refractivity contribution in [2.24, 2.45) is 0 Å². The van der Waals surface area contributed by atoms with Gasteiger partial charge in [0.1, 0.15) is 6.20 Å². The summed E-state index contributed by atoms with van der Waals surface area (Å²) >= 11 is 0. The Bertz CT molecular complexity index is 414. The van der Waals surface area contributed by atoms with E-state index in [-0.39, 0.29) is 11.6 Å². The van der Waals surface area contributed by atoms with E-state index in [4.69, 9.17) is 9.47 Å². The van der Waals surface area contributed by atoms with Crippen molar-refractivity contribution in [3.63, 3.8) is 0 Å². The molecule has 8 nitrogen and oxygen atoms in total. The largest absolute Gasteiger partial charge is 0.475 e. The lowest BCUT2D eigenvalue weighted by molar-refractivity contribution is -0.385. The Hall–Kier alpha value is -1.67. The van der Waals surface area contributed by atoms with Crippen molar-refractivity contribution in [2.45, 2.75) is 6.54 Å². The number of morpholine rings is 1. The maximum Gasteiger partial charge on any atom is 0.350 e. The maximum absolute atomic E-state index is 10.7. The lowest BCUT2D eigenvalue weighted by Crippen LogP contribution is -2.38. The summed E-state index contributed by atoms with van der Waals surface area (Å²) in [6.45, 7) is 4.65. The van der Waals surface area contributed by atoms with Crippen molar-refractivity contribution >= 4 is 5.69 Å². The number of methoxy groups -OCH3 is 1. The van der Waals surface area contributed by atoms with E-state index < -0.39 is 4.92 Å². The van der Waals surface area contributed by atoms with E-state index >= 15 is 0 Å². The molecule has 8 heteroatoms. The van der Waals surface area contributed by atoms with Gasteiger partial charge in [-0.15, -0.1) is 5.10 Å². The SMILES string of the molecule is COc1nn(CCN2CCOCC2)cc1[N+](=O)[O-]. The Morgan fingerprint density at radius 2 is 2.22 bits per heavy atom. The highest BCUT2D eigenvalue weighted by Crippen LogP contribution is 2.23. The minimum atomic E-state index is -0.489. The van der Waals surface area contributed by atoms with Crippen LogP contribution in [0.1, 0.15) is 0 Å². The quantitative estimate of drug-likeness (QED) is 0.550. The Kier molecular flexibility index (Phi) is 4.11. The van der Waals surface area contributed by atoms with Crippen LogP contribution in [0.25, 0.3) is 0 Å². The van der Waals surface area contributed by atoms with Crippen molar-refractivity contribution in [3.05, 3.63) is 16.3 Å². The molecule has 0 unspecified atom stereocenters. The van der Waals surface area contributed by atoms with E-state index in [0.717, 1.165) is 32.8 Å². The normalized spacial score (nSPS) is 16.7. The molecule has 1 saturated heterocycles. The molecule has 0 aromatic carbocycles. The van der Waals surface area contributed by atoms with E-state index in [1.54, 1.807) is 4.68 Å². The Morgan fingerprint density at radius 1 is 1.50 bits per heavy atom. The van der Waals surface area contributed by atoms with Crippen LogP contribution in [0.2, 0.25) is 0 Å². The summed E-state index contributed by atoms with van der Waals surface area (Å²) in [5.74, 6) is 0.0574. The average molecular weight is 256 g/mol. The summed E-state index contributed by atoms with van der Waals surface area (Å²) < 4.78 is 11.7. The van der Waals surface area contributed by atoms with Gasteiger partial charge in [-0.2, -0.15) is 0 Å². The minimum Gasteiger partial charge on any atom is -0.475 e. The maximum atomic E-state index is 10.7. The van der Waals surface area contributed by atoms with Gasteiger partial charge in [-0.3, -0.25) is 19.7 Å². The van der Waals surface area contributed by atoms with E-state index in [9.17, 15) is 10.1 Å². The second kappa shape index (κ2) is 5.78. The van der Waals surface area contributed by atoms with E-state index in [2.05, 4.69) is 10.00 Å². The molecule has 0 radical (unpaired) electrons. The predicted octanol–water partition coefficient (Wildman–Crippen LogP) is 0.132. The zero-order valence-electron chi connectivity index (χ0n) is 10.2. The van der Waals surface area contributed by atoms with Crippen molar-refractivity contribution in [2.75, 3.05) is 40.0 Å². The molecule has 1 aromatic heterocycles. The molecule has 1 aromatic rings. The third-order valence-corrected chi connectivity index (χ3v) is 2.85. The van der Waals surface area contributed by atoms with Gasteiger partial charge in [0.2, 0.25) is 0 Å². The van der Waals surface area contributed by atoms with Crippen LogP contribution >= 0.6 is 0 Å². The first-order valence-electron chi connectivity index (χ1n) is 5.76. The summed E-state index contributed by atoms with van der Waals surface area (Å²) in [6.07, 6.45) is 1.40. The van der Waals surface area contributed by atoms with Crippen LogP contribution in [0, 0.1) is 10.1 Å². The number of rotatable bonds is 5. The number of hydrogen-bond acceptors (Lipinski definition) is 6. The summed E-state index contributed by atoms with van der Waals surface area (Å²) in [5, 5.41) is 14.8. The fraction of sp³-hybridized carbons (Fsp3) is 0.700. The molecule has 0 atom stereocenters. The van der Waals surface area contributed by atoms with E-state index in [0.29, 0.717) is 6.54 Å². The molecule has 0 spiro atoms. The van der Waals surface area contributed by atoms with Gasteiger partial charge in [0.25, 0.3) is 0 Å². The summed E-state index contributed by atoms with van der Waals surface area (Å²) in [5.41, 5.74) is -0.0977. The predicted molar refractivity (Wildman–Crippen MR) is 62.7 cm³/mol. The highest BCUT2D eigenvalue weighted by Gasteiger charge is 2.20. The third-order valence-electron chi connectivity index (χ3n) is 2.85. The first kappa shape index (κ1) is 12.8. The third kappa shape index (κ3) is 2.96. The fourth-order valence-electron chi connectivity index (χ4n) is 1.85. The Morgan fingerprint density at radius 3 is 2.78 bits per heavy atom. The highest BCUT2D eigenvalue weighted by atomic mass is 16.6. The standard InChI is InChI=1S/C10H16N4O4/c1-17-10-9(14(15)16)8-13(11-10)3-2-12-4-6-18-7-5-12/h8H,2-7H2,1H3. The van der Waals surface area contributed by atoms with Crippen molar-refractivity contribution in [1.82, 2.24) is 14.7 Å². The summed E-state index contributed by atoms with van der Waals surface area (Å²) in [4.78, 5) is 12.5. The van der Waals surface area contributed by atoms with Crippen LogP contribution in [0.3, 0.4) is 0 Å². The summed E-state index contributed by atoms with van der Waals surface area (Å²) in [7, 11) is 1.38. The van der Waals surface area contributed by atoms with Gasteiger partial charge in [-0.05, 0) is 0 Å². The first-order chi connectivity index (χ1) is 8.70. The van der Waals surface area contributed by atoms with Gasteiger partial charge in [0, 0.05) is 19.6 Å². The molecule has 0 N–H and O–H groups in total. The molecular formula is C10H16N4O4. The zero-order chi connectivity index (χ0) is 13.0. The molecule has 0 bridgehead atoms. The average Bonchev–Trinajstić information content (AvgIpc) is 2.81. The summed E-state index contributed by atoms with van der Waals surface area (Å²) in [6, 6.07) is 0. The molecule has 100 valence electrons. The van der Waals surface area contributed by atoms with Crippen LogP contribution in [-0.2, 0) is 11.3 Å². The molecule has 18 heavy (non-hydrogen) atoms. The molecule has 2 rings (SSSR count). The van der Waals surface area contributed by atoms with Gasteiger partial charge >= 0.3 is 11.6 Å². The lowest BCUT2D eigenvalue weighted by atomic mass is 10.4. The number of hydrogen-bond donors (Lipinski definition) is 0. The first-order valence-corrected chi connectivity index (χ1v) is 5.76. The van der Waals surface area contributed by atoms with Crippen LogP contribution in [-0.4, -0.2) is 59.6 Å².